The number of aryl methyl sites for hydroxylation is 3. The molecule has 0 saturated heterocycles. The summed E-state index contributed by atoms with van der Waals surface area (Å²) in [5.74, 6) is -0.556. The molecule has 0 fully saturated rings. The number of amides is 1. The van der Waals surface area contributed by atoms with Gasteiger partial charge in [-0.15, -0.1) is 0 Å². The Hall–Kier alpha value is -2.81. The summed E-state index contributed by atoms with van der Waals surface area (Å²) in [4.78, 5) is 12.6. The molecule has 0 aliphatic carbocycles. The number of aromatic nitrogens is 1. The molecule has 0 bridgehead atoms. The van der Waals surface area contributed by atoms with E-state index >= 15 is 0 Å². The molecule has 0 radical (unpaired) electrons. The van der Waals surface area contributed by atoms with Gasteiger partial charge in [-0.3, -0.25) is 9.10 Å². The van der Waals surface area contributed by atoms with Crippen molar-refractivity contribution in [3.8, 4) is 5.69 Å². The minimum Gasteiger partial charge on any atom is -0.318 e. The van der Waals surface area contributed by atoms with Crippen LogP contribution in [0.15, 0.2) is 47.6 Å². The van der Waals surface area contributed by atoms with E-state index in [1.54, 1.807) is 32.0 Å². The summed E-state index contributed by atoms with van der Waals surface area (Å²) in [6.45, 7) is 7.07. The number of carbonyl (C=O) groups excluding carboxylic acids is 1. The van der Waals surface area contributed by atoms with Crippen molar-refractivity contribution >= 4 is 51.0 Å². The van der Waals surface area contributed by atoms with E-state index in [9.17, 15) is 13.2 Å². The van der Waals surface area contributed by atoms with Crippen molar-refractivity contribution in [3.63, 3.8) is 0 Å². The molecule has 1 aromatic heterocycles. The predicted molar refractivity (Wildman–Crippen MR) is 139 cm³/mol. The van der Waals surface area contributed by atoms with Gasteiger partial charge >= 0.3 is 0 Å². The second kappa shape index (κ2) is 10.2. The fourth-order valence-electron chi connectivity index (χ4n) is 3.88. The number of hydrazone groups is 1. The van der Waals surface area contributed by atoms with Crippen LogP contribution in [0.3, 0.4) is 0 Å². The molecule has 0 aliphatic rings. The van der Waals surface area contributed by atoms with Crippen LogP contribution in [0.4, 0.5) is 5.69 Å². The largest absolute Gasteiger partial charge is 0.318 e. The first-order chi connectivity index (χ1) is 15.9. The Morgan fingerprint density at radius 3 is 2.21 bits per heavy atom. The smallest absolute Gasteiger partial charge is 0.260 e. The molecule has 0 atom stereocenters. The van der Waals surface area contributed by atoms with Crippen LogP contribution < -0.4 is 9.73 Å². The van der Waals surface area contributed by atoms with Crippen LogP contribution in [0.5, 0.6) is 0 Å². The molecule has 10 heteroatoms. The number of sulfonamides is 1. The number of nitrogens with one attached hydrogen (secondary N) is 1. The average molecular weight is 521 g/mol. The monoisotopic (exact) mass is 520 g/mol. The molecule has 0 aliphatic heterocycles. The Bertz CT molecular complexity index is 1340. The third-order valence-electron chi connectivity index (χ3n) is 5.35. The van der Waals surface area contributed by atoms with E-state index in [1.165, 1.54) is 6.21 Å². The summed E-state index contributed by atoms with van der Waals surface area (Å²) in [7, 11) is -3.69. The van der Waals surface area contributed by atoms with Gasteiger partial charge < -0.3 is 4.57 Å². The average Bonchev–Trinajstić information content (AvgIpc) is 2.98. The second-order valence-corrected chi connectivity index (χ2v) is 10.9. The van der Waals surface area contributed by atoms with Gasteiger partial charge in [-0.05, 0) is 63.1 Å². The Morgan fingerprint density at radius 1 is 1.06 bits per heavy atom. The standard InChI is InChI=1S/C24H26Cl2N4O3S/c1-15-7-6-8-16(2)24(15)29(34(5,32)33)14-23(31)28-27-13-19-9-17(3)30(18(19)4)22-11-20(25)10-21(26)12-22/h6-13H,14H2,1-5H3,(H,28,31)/b27-13+. The fourth-order valence-corrected chi connectivity index (χ4v) is 5.37. The molecule has 2 aromatic carbocycles. The zero-order chi connectivity index (χ0) is 25.2. The van der Waals surface area contributed by atoms with Gasteiger partial charge in [0.15, 0.2) is 0 Å². The normalized spacial score (nSPS) is 11.7. The third kappa shape index (κ3) is 5.81. The lowest BCUT2D eigenvalue weighted by Crippen LogP contribution is -2.39. The van der Waals surface area contributed by atoms with Crippen LogP contribution in [-0.4, -0.2) is 37.9 Å². The van der Waals surface area contributed by atoms with Gasteiger partial charge in [0.25, 0.3) is 5.91 Å². The summed E-state index contributed by atoms with van der Waals surface area (Å²) in [6, 6.07) is 12.6. The summed E-state index contributed by atoms with van der Waals surface area (Å²) < 4.78 is 27.9. The van der Waals surface area contributed by atoms with E-state index in [4.69, 9.17) is 23.2 Å². The minimum atomic E-state index is -3.69. The molecule has 1 N–H and O–H groups in total. The lowest BCUT2D eigenvalue weighted by Gasteiger charge is -2.25. The Balaban J connectivity index is 1.79. The highest BCUT2D eigenvalue weighted by atomic mass is 35.5. The fraction of sp³-hybridized carbons (Fsp3) is 0.250. The van der Waals surface area contributed by atoms with Gasteiger partial charge in [-0.1, -0.05) is 41.4 Å². The van der Waals surface area contributed by atoms with Crippen molar-refractivity contribution < 1.29 is 13.2 Å². The number of carbonyl (C=O) groups is 1. The molecule has 1 amide bonds. The number of anilines is 1. The molecule has 34 heavy (non-hydrogen) atoms. The maximum atomic E-state index is 12.6. The number of halogens is 2. The summed E-state index contributed by atoms with van der Waals surface area (Å²) in [5, 5.41) is 5.10. The van der Waals surface area contributed by atoms with E-state index in [2.05, 4.69) is 10.5 Å². The van der Waals surface area contributed by atoms with Crippen LogP contribution >= 0.6 is 23.2 Å². The maximum Gasteiger partial charge on any atom is 0.260 e. The lowest BCUT2D eigenvalue weighted by molar-refractivity contribution is -0.119. The van der Waals surface area contributed by atoms with Crippen molar-refractivity contribution in [1.82, 2.24) is 9.99 Å². The number of hydrogen-bond donors (Lipinski definition) is 1. The SMILES string of the molecule is Cc1cccc(C)c1N(CC(=O)N/N=C/c1cc(C)n(-c2cc(Cl)cc(Cl)c2)c1C)S(C)(=O)=O. The van der Waals surface area contributed by atoms with Crippen molar-refractivity contribution in [2.24, 2.45) is 5.10 Å². The molecule has 7 nitrogen and oxygen atoms in total. The zero-order valence-corrected chi connectivity index (χ0v) is 21.9. The van der Waals surface area contributed by atoms with Gasteiger partial charge in [0.1, 0.15) is 6.54 Å². The molecule has 180 valence electrons. The number of rotatable bonds is 7. The van der Waals surface area contributed by atoms with Crippen molar-refractivity contribution in [2.75, 3.05) is 17.1 Å². The molecule has 0 saturated carbocycles. The van der Waals surface area contributed by atoms with Gasteiger partial charge in [0, 0.05) is 32.7 Å². The first kappa shape index (κ1) is 25.8. The molecular weight excluding hydrogens is 495 g/mol. The summed E-state index contributed by atoms with van der Waals surface area (Å²) in [6.07, 6.45) is 2.60. The topological polar surface area (TPSA) is 83.8 Å². The van der Waals surface area contributed by atoms with Crippen LogP contribution in [0, 0.1) is 27.7 Å². The highest BCUT2D eigenvalue weighted by Crippen LogP contribution is 2.27. The highest BCUT2D eigenvalue weighted by Gasteiger charge is 2.23. The summed E-state index contributed by atoms with van der Waals surface area (Å²) >= 11 is 12.3. The van der Waals surface area contributed by atoms with Crippen LogP contribution in [0.25, 0.3) is 5.69 Å². The Morgan fingerprint density at radius 2 is 1.65 bits per heavy atom. The Labute approximate surface area is 210 Å². The zero-order valence-electron chi connectivity index (χ0n) is 19.6. The van der Waals surface area contributed by atoms with Crippen LogP contribution in [0.2, 0.25) is 10.0 Å². The van der Waals surface area contributed by atoms with Gasteiger partial charge in [-0.25, -0.2) is 13.8 Å². The highest BCUT2D eigenvalue weighted by molar-refractivity contribution is 7.92. The second-order valence-electron chi connectivity index (χ2n) is 8.09. The van der Waals surface area contributed by atoms with E-state index in [0.717, 1.165) is 44.3 Å². The molecule has 1 heterocycles. The maximum absolute atomic E-state index is 12.6. The van der Waals surface area contributed by atoms with E-state index in [0.29, 0.717) is 15.7 Å². The predicted octanol–water partition coefficient (Wildman–Crippen LogP) is 4.93. The molecule has 0 spiro atoms. The summed E-state index contributed by atoms with van der Waals surface area (Å²) in [5.41, 5.74) is 7.85. The minimum absolute atomic E-state index is 0.387. The number of para-hydroxylation sites is 1. The van der Waals surface area contributed by atoms with Gasteiger partial charge in [-0.2, -0.15) is 5.10 Å². The molecule has 3 aromatic rings. The molecular formula is C24H26Cl2N4O3S. The third-order valence-corrected chi connectivity index (χ3v) is 6.89. The lowest BCUT2D eigenvalue weighted by atomic mass is 10.1. The Kier molecular flexibility index (Phi) is 7.75. The van der Waals surface area contributed by atoms with Gasteiger partial charge in [0.05, 0.1) is 18.2 Å². The van der Waals surface area contributed by atoms with Gasteiger partial charge in [0.2, 0.25) is 10.0 Å². The van der Waals surface area contributed by atoms with Crippen molar-refractivity contribution in [1.29, 1.82) is 0 Å². The van der Waals surface area contributed by atoms with Crippen molar-refractivity contribution in [2.45, 2.75) is 27.7 Å². The van der Waals surface area contributed by atoms with Crippen LogP contribution in [-0.2, 0) is 14.8 Å². The molecule has 3 rings (SSSR count). The molecule has 0 unspecified atom stereocenters. The van der Waals surface area contributed by atoms with E-state index in [-0.39, 0.29) is 6.54 Å². The first-order valence-electron chi connectivity index (χ1n) is 10.4. The van der Waals surface area contributed by atoms with Crippen molar-refractivity contribution in [3.05, 3.63) is 80.6 Å². The van der Waals surface area contributed by atoms with Crippen LogP contribution in [0.1, 0.15) is 28.1 Å². The number of hydrogen-bond acceptors (Lipinski definition) is 4. The quantitative estimate of drug-likeness (QED) is 0.353. The van der Waals surface area contributed by atoms with E-state index in [1.807, 2.05) is 42.7 Å². The van der Waals surface area contributed by atoms with E-state index < -0.39 is 15.9 Å². The first-order valence-corrected chi connectivity index (χ1v) is 13.0. The number of benzene rings is 2. The number of nitrogens with zero attached hydrogens (tertiary/aromatic N) is 3.